The summed E-state index contributed by atoms with van der Waals surface area (Å²) in [6.07, 6.45) is 0.271. The third kappa shape index (κ3) is 4.36. The highest BCUT2D eigenvalue weighted by Crippen LogP contribution is 2.14. The van der Waals surface area contributed by atoms with Crippen molar-refractivity contribution in [3.05, 3.63) is 0 Å². The van der Waals surface area contributed by atoms with Gasteiger partial charge in [-0.3, -0.25) is 19.0 Å². The molecule has 1 aliphatic rings. The standard InChI is InChI=1S/C7H9NO4.H2O3S/c1-4(7(11)12)8-5(9)2-3-6(8)10;1-4(2)3/h4H,2-3H2,1H3,(H,11,12);4H,(H,1,2,3). The number of thiol groups is 1. The number of carboxylic acids is 1. The Kier molecular flexibility index (Phi) is 5.61. The van der Waals surface area contributed by atoms with Gasteiger partial charge in [-0.25, -0.2) is 13.2 Å². The van der Waals surface area contributed by atoms with Gasteiger partial charge in [0.1, 0.15) is 6.04 Å². The van der Waals surface area contributed by atoms with Crippen LogP contribution in [-0.2, 0) is 25.4 Å². The van der Waals surface area contributed by atoms with Crippen LogP contribution in [0, 0.1) is 0 Å². The fraction of sp³-hybridized carbons (Fsp3) is 0.571. The molecular weight excluding hydrogens is 242 g/mol. The van der Waals surface area contributed by atoms with Crippen LogP contribution in [-0.4, -0.2) is 46.8 Å². The van der Waals surface area contributed by atoms with Gasteiger partial charge in [-0.2, -0.15) is 0 Å². The highest BCUT2D eigenvalue weighted by Gasteiger charge is 2.35. The smallest absolute Gasteiger partial charge is 0.326 e. The summed E-state index contributed by atoms with van der Waals surface area (Å²) < 4.78 is 24.2. The maximum Gasteiger partial charge on any atom is 0.326 e. The summed E-state index contributed by atoms with van der Waals surface area (Å²) in [4.78, 5) is 33.2. The van der Waals surface area contributed by atoms with E-state index in [4.69, 9.17) is 18.1 Å². The van der Waals surface area contributed by atoms with Crippen molar-refractivity contribution in [2.24, 2.45) is 0 Å². The Morgan fingerprint density at radius 3 is 1.88 bits per heavy atom. The Balaban J connectivity index is 0.000000487. The van der Waals surface area contributed by atoms with Crippen molar-refractivity contribution in [2.45, 2.75) is 25.8 Å². The molecule has 0 spiro atoms. The molecular formula is C7H11NO7S. The first-order chi connectivity index (χ1) is 7.27. The summed E-state index contributed by atoms with van der Waals surface area (Å²) in [5.41, 5.74) is 0. The van der Waals surface area contributed by atoms with Gasteiger partial charge >= 0.3 is 5.97 Å². The van der Waals surface area contributed by atoms with Crippen molar-refractivity contribution in [1.82, 2.24) is 4.90 Å². The molecule has 8 nitrogen and oxygen atoms in total. The molecule has 9 heteroatoms. The predicted molar refractivity (Wildman–Crippen MR) is 51.1 cm³/mol. The number of carbonyl (C=O) groups excluding carboxylic acids is 2. The summed E-state index contributed by atoms with van der Waals surface area (Å²) in [7, 11) is -3.12. The van der Waals surface area contributed by atoms with Crippen molar-refractivity contribution in [3.63, 3.8) is 0 Å². The van der Waals surface area contributed by atoms with Crippen molar-refractivity contribution in [3.8, 4) is 0 Å². The Hall–Kier alpha value is -1.48. The van der Waals surface area contributed by atoms with Crippen LogP contribution in [0.1, 0.15) is 19.8 Å². The third-order valence-corrected chi connectivity index (χ3v) is 1.83. The van der Waals surface area contributed by atoms with Crippen molar-refractivity contribution in [1.29, 1.82) is 0 Å². The molecule has 1 saturated heterocycles. The van der Waals surface area contributed by atoms with Crippen LogP contribution in [0.2, 0.25) is 0 Å². The van der Waals surface area contributed by atoms with E-state index in [2.05, 4.69) is 0 Å². The van der Waals surface area contributed by atoms with Crippen molar-refractivity contribution >= 4 is 28.8 Å². The minimum absolute atomic E-state index is 0.135. The molecule has 16 heavy (non-hydrogen) atoms. The summed E-state index contributed by atoms with van der Waals surface area (Å²) >= 11 is 0. The number of nitrogens with zero attached hydrogens (tertiary/aromatic N) is 1. The van der Waals surface area contributed by atoms with E-state index in [0.717, 1.165) is 4.90 Å². The molecule has 2 N–H and O–H groups in total. The van der Waals surface area contributed by atoms with E-state index in [1.165, 1.54) is 6.92 Å². The lowest BCUT2D eigenvalue weighted by atomic mass is 10.3. The molecule has 0 radical (unpaired) electrons. The van der Waals surface area contributed by atoms with E-state index >= 15 is 0 Å². The van der Waals surface area contributed by atoms with Crippen LogP contribution < -0.4 is 0 Å². The maximum absolute atomic E-state index is 11.0. The van der Waals surface area contributed by atoms with Crippen LogP contribution in [0.15, 0.2) is 0 Å². The molecule has 1 heterocycles. The minimum atomic E-state index is -3.12. The van der Waals surface area contributed by atoms with Gasteiger partial charge in [-0.15, -0.1) is 0 Å². The third-order valence-electron chi connectivity index (χ3n) is 1.83. The Morgan fingerprint density at radius 2 is 1.62 bits per heavy atom. The number of aliphatic carboxylic acids is 1. The number of carbonyl (C=O) groups is 3. The molecule has 1 atom stereocenters. The molecule has 0 saturated carbocycles. The fourth-order valence-electron chi connectivity index (χ4n) is 1.14. The van der Waals surface area contributed by atoms with Gasteiger partial charge in [0.25, 0.3) is 11.0 Å². The summed E-state index contributed by atoms with van der Waals surface area (Å²) in [6.45, 7) is 1.32. The van der Waals surface area contributed by atoms with Gasteiger partial charge in [-0.05, 0) is 6.92 Å². The topological polar surface area (TPSA) is 129 Å². The van der Waals surface area contributed by atoms with Gasteiger partial charge < -0.3 is 5.11 Å². The monoisotopic (exact) mass is 253 g/mol. The summed E-state index contributed by atoms with van der Waals surface area (Å²) in [5.74, 6) is -1.94. The second-order valence-corrected chi connectivity index (χ2v) is 3.39. The number of likely N-dealkylation sites (tertiary alicyclic amines) is 1. The molecule has 0 aliphatic carbocycles. The lowest BCUT2D eigenvalue weighted by Gasteiger charge is -2.17. The average molecular weight is 253 g/mol. The number of amides is 2. The first kappa shape index (κ1) is 14.5. The van der Waals surface area contributed by atoms with Crippen LogP contribution in [0.5, 0.6) is 0 Å². The minimum Gasteiger partial charge on any atom is -0.480 e. The molecule has 1 fully saturated rings. The molecule has 0 bridgehead atoms. The average Bonchev–Trinajstić information content (AvgIpc) is 2.44. The predicted octanol–water partition coefficient (Wildman–Crippen LogP) is -1.32. The number of carboxylic acid groups (broad SMARTS) is 1. The number of hydrogen-bond acceptors (Lipinski definition) is 5. The molecule has 2 amide bonds. The van der Waals surface area contributed by atoms with Crippen LogP contribution >= 0.6 is 0 Å². The summed E-state index contributed by atoms with van der Waals surface area (Å²) in [6, 6.07) is -1.03. The van der Waals surface area contributed by atoms with Crippen molar-refractivity contribution < 1.29 is 32.5 Å². The van der Waals surface area contributed by atoms with Crippen molar-refractivity contribution in [2.75, 3.05) is 0 Å². The summed E-state index contributed by atoms with van der Waals surface area (Å²) in [5, 5.41) is 8.53. The van der Waals surface area contributed by atoms with E-state index in [1.807, 2.05) is 0 Å². The second-order valence-electron chi connectivity index (χ2n) is 2.91. The van der Waals surface area contributed by atoms with E-state index in [0.29, 0.717) is 0 Å². The lowest BCUT2D eigenvalue weighted by molar-refractivity contribution is -0.153. The Labute approximate surface area is 92.6 Å². The number of rotatable bonds is 2. The second kappa shape index (κ2) is 6.18. The Bertz CT molecular complexity index is 351. The van der Waals surface area contributed by atoms with E-state index in [-0.39, 0.29) is 12.8 Å². The normalized spacial score (nSPS) is 17.1. The highest BCUT2D eigenvalue weighted by molar-refractivity contribution is 7.66. The molecule has 1 aliphatic heterocycles. The quantitative estimate of drug-likeness (QED) is 0.316. The lowest BCUT2D eigenvalue weighted by Crippen LogP contribution is -2.42. The van der Waals surface area contributed by atoms with Gasteiger partial charge in [-0.1, -0.05) is 0 Å². The van der Waals surface area contributed by atoms with Gasteiger partial charge in [0.2, 0.25) is 11.8 Å². The Morgan fingerprint density at radius 1 is 1.31 bits per heavy atom. The number of hydrogen-bond donors (Lipinski definition) is 3. The molecule has 92 valence electrons. The van der Waals surface area contributed by atoms with Gasteiger partial charge in [0, 0.05) is 12.8 Å². The molecule has 1 unspecified atom stereocenters. The molecule has 0 aromatic rings. The highest BCUT2D eigenvalue weighted by atomic mass is 32.2. The number of imide groups is 1. The van der Waals surface area contributed by atoms with E-state index in [9.17, 15) is 14.4 Å². The zero-order chi connectivity index (χ0) is 12.9. The molecule has 0 aromatic heterocycles. The maximum atomic E-state index is 11.0. The van der Waals surface area contributed by atoms with Crippen LogP contribution in [0.25, 0.3) is 0 Å². The van der Waals surface area contributed by atoms with E-state index in [1.54, 1.807) is 0 Å². The zero-order valence-corrected chi connectivity index (χ0v) is 9.22. The SMILES string of the molecule is CC(C(=O)O)N1C(=O)CCC1=O.O=[SH](=O)O. The zero-order valence-electron chi connectivity index (χ0n) is 8.32. The van der Waals surface area contributed by atoms with Crippen LogP contribution in [0.4, 0.5) is 0 Å². The van der Waals surface area contributed by atoms with Gasteiger partial charge in [0.05, 0.1) is 0 Å². The largest absolute Gasteiger partial charge is 0.480 e. The fourth-order valence-corrected chi connectivity index (χ4v) is 1.14. The molecule has 1 rings (SSSR count). The molecule has 0 aromatic carbocycles. The van der Waals surface area contributed by atoms with Gasteiger partial charge in [0.15, 0.2) is 0 Å². The van der Waals surface area contributed by atoms with E-state index < -0.39 is 34.8 Å². The first-order valence-corrected chi connectivity index (χ1v) is 5.31. The van der Waals surface area contributed by atoms with Crippen LogP contribution in [0.3, 0.4) is 0 Å². The first-order valence-electron chi connectivity index (χ1n) is 4.18.